The van der Waals surface area contributed by atoms with Crippen molar-refractivity contribution in [1.29, 1.82) is 0 Å². The fourth-order valence-electron chi connectivity index (χ4n) is 4.32. The Labute approximate surface area is 218 Å². The number of carbonyl (C=O) groups is 1. The van der Waals surface area contributed by atoms with Crippen molar-refractivity contribution in [2.75, 3.05) is 0 Å². The van der Waals surface area contributed by atoms with Crippen molar-refractivity contribution in [2.24, 2.45) is 0 Å². The van der Waals surface area contributed by atoms with Crippen LogP contribution >= 0.6 is 0 Å². The minimum atomic E-state index is -0.0329. The lowest BCUT2D eigenvalue weighted by Crippen LogP contribution is -2.24. The Balaban J connectivity index is 1.04. The second-order valence-corrected chi connectivity index (χ2v) is 9.01. The van der Waals surface area contributed by atoms with Gasteiger partial charge >= 0.3 is 0 Å². The van der Waals surface area contributed by atoms with E-state index in [4.69, 9.17) is 4.74 Å². The zero-order chi connectivity index (χ0) is 25.7. The Morgan fingerprint density at radius 2 is 1.61 bits per heavy atom. The molecule has 0 aliphatic carbocycles. The summed E-state index contributed by atoms with van der Waals surface area (Å²) in [7, 11) is 0. The lowest BCUT2D eigenvalue weighted by molar-refractivity contribution is -0.120. The van der Waals surface area contributed by atoms with E-state index in [0.29, 0.717) is 25.4 Å². The Hall–Kier alpha value is -5.11. The van der Waals surface area contributed by atoms with Gasteiger partial charge in [0.05, 0.1) is 17.6 Å². The largest absolute Gasteiger partial charge is 0.487 e. The van der Waals surface area contributed by atoms with Gasteiger partial charge in [0.15, 0.2) is 0 Å². The summed E-state index contributed by atoms with van der Waals surface area (Å²) in [6.45, 7) is 0.847. The predicted molar refractivity (Wildman–Crippen MR) is 145 cm³/mol. The Morgan fingerprint density at radius 3 is 2.47 bits per heavy atom. The fraction of sp³-hybridized carbons (Fsp3) is 0.100. The van der Waals surface area contributed by atoms with Gasteiger partial charge in [-0.25, -0.2) is 4.98 Å². The van der Waals surface area contributed by atoms with Gasteiger partial charge in [0.25, 0.3) is 0 Å². The van der Waals surface area contributed by atoms with Crippen LogP contribution < -0.4 is 10.1 Å². The number of hydrogen-bond donors (Lipinski definition) is 2. The van der Waals surface area contributed by atoms with Gasteiger partial charge in [-0.05, 0) is 51.4 Å². The second kappa shape index (κ2) is 10.5. The molecule has 6 aromatic rings. The first-order valence-electron chi connectivity index (χ1n) is 12.3. The molecule has 2 heterocycles. The topological polar surface area (TPSA) is 106 Å². The number of aromatic nitrogens is 5. The number of fused-ring (bicyclic) bond motifs is 2. The van der Waals surface area contributed by atoms with E-state index in [2.05, 4.69) is 37.0 Å². The fourth-order valence-corrected chi connectivity index (χ4v) is 4.32. The molecule has 0 fully saturated rings. The number of pyridine rings is 1. The lowest BCUT2D eigenvalue weighted by atomic mass is 10.0. The first-order chi connectivity index (χ1) is 18.7. The highest BCUT2D eigenvalue weighted by atomic mass is 16.5. The maximum Gasteiger partial charge on any atom is 0.224 e. The average molecular weight is 501 g/mol. The molecule has 8 heteroatoms. The SMILES string of the molecule is O=C(Cc1ccc2cc(OCc3ccc4ccccc4n3)ccc2c1)NCc1ccc(-c2nn[nH]n2)cc1. The Kier molecular flexibility index (Phi) is 6.42. The summed E-state index contributed by atoms with van der Waals surface area (Å²) in [5.41, 5.74) is 4.66. The first-order valence-corrected chi connectivity index (χ1v) is 12.3. The standard InChI is InChI=1S/C30H24N6O2/c37-29(31-18-20-5-8-23(9-6-20)30-33-35-36-34-30)16-21-7-10-25-17-27(14-12-24(25)15-21)38-19-26-13-11-22-3-1-2-4-28(22)32-26/h1-15,17H,16,18-19H2,(H,31,37)(H,33,34,35,36). The molecule has 0 saturated heterocycles. The second-order valence-electron chi connectivity index (χ2n) is 9.01. The number of nitrogens with zero attached hydrogens (tertiary/aromatic N) is 4. The summed E-state index contributed by atoms with van der Waals surface area (Å²) < 4.78 is 6.01. The minimum absolute atomic E-state index is 0.0329. The average Bonchev–Trinajstić information content (AvgIpc) is 3.50. The summed E-state index contributed by atoms with van der Waals surface area (Å²) in [4.78, 5) is 17.2. The lowest BCUT2D eigenvalue weighted by Gasteiger charge is -2.09. The van der Waals surface area contributed by atoms with Crippen LogP contribution in [0.5, 0.6) is 5.75 Å². The third kappa shape index (κ3) is 5.34. The van der Waals surface area contributed by atoms with Crippen LogP contribution in [0.4, 0.5) is 0 Å². The molecule has 0 aliphatic heterocycles. The number of rotatable bonds is 8. The molecule has 0 saturated carbocycles. The third-order valence-corrected chi connectivity index (χ3v) is 6.33. The highest BCUT2D eigenvalue weighted by Crippen LogP contribution is 2.23. The van der Waals surface area contributed by atoms with E-state index in [0.717, 1.165) is 49.8 Å². The summed E-state index contributed by atoms with van der Waals surface area (Å²) in [6, 6.07) is 31.8. The number of tetrazole rings is 1. The van der Waals surface area contributed by atoms with Gasteiger partial charge in [-0.2, -0.15) is 5.21 Å². The highest BCUT2D eigenvalue weighted by molar-refractivity contribution is 5.86. The zero-order valence-corrected chi connectivity index (χ0v) is 20.5. The van der Waals surface area contributed by atoms with Gasteiger partial charge in [-0.15, -0.1) is 10.2 Å². The maximum absolute atomic E-state index is 12.6. The molecule has 1 amide bonds. The van der Waals surface area contributed by atoms with Crippen LogP contribution in [0, 0.1) is 0 Å². The van der Waals surface area contributed by atoms with Crippen molar-refractivity contribution >= 4 is 27.6 Å². The number of ether oxygens (including phenoxy) is 1. The number of H-pyrrole nitrogens is 1. The minimum Gasteiger partial charge on any atom is -0.487 e. The monoisotopic (exact) mass is 500 g/mol. The number of hydrogen-bond acceptors (Lipinski definition) is 6. The molecule has 2 aromatic heterocycles. The molecule has 186 valence electrons. The van der Waals surface area contributed by atoms with Crippen molar-refractivity contribution in [3.63, 3.8) is 0 Å². The molecule has 0 aliphatic rings. The van der Waals surface area contributed by atoms with Gasteiger partial charge in [0.2, 0.25) is 11.7 Å². The summed E-state index contributed by atoms with van der Waals surface area (Å²) in [5, 5.41) is 20.2. The number of para-hydroxylation sites is 1. The zero-order valence-electron chi connectivity index (χ0n) is 20.5. The molecule has 6 rings (SSSR count). The van der Waals surface area contributed by atoms with Crippen LogP contribution in [-0.4, -0.2) is 31.5 Å². The van der Waals surface area contributed by atoms with E-state index < -0.39 is 0 Å². The van der Waals surface area contributed by atoms with Crippen molar-refractivity contribution in [2.45, 2.75) is 19.6 Å². The van der Waals surface area contributed by atoms with Crippen molar-refractivity contribution < 1.29 is 9.53 Å². The number of nitrogens with one attached hydrogen (secondary N) is 2. The Morgan fingerprint density at radius 1 is 0.816 bits per heavy atom. The van der Waals surface area contributed by atoms with Gasteiger partial charge in [0, 0.05) is 17.5 Å². The van der Waals surface area contributed by atoms with E-state index in [9.17, 15) is 4.79 Å². The van der Waals surface area contributed by atoms with Gasteiger partial charge in [-0.1, -0.05) is 72.8 Å². The molecule has 38 heavy (non-hydrogen) atoms. The van der Waals surface area contributed by atoms with Crippen LogP contribution in [-0.2, 0) is 24.4 Å². The van der Waals surface area contributed by atoms with Crippen LogP contribution in [0.1, 0.15) is 16.8 Å². The number of benzene rings is 4. The molecule has 4 aromatic carbocycles. The third-order valence-electron chi connectivity index (χ3n) is 6.33. The van der Waals surface area contributed by atoms with Crippen molar-refractivity contribution in [3.05, 3.63) is 114 Å². The first kappa shape index (κ1) is 23.3. The molecule has 0 atom stereocenters. The molecule has 0 unspecified atom stereocenters. The van der Waals surface area contributed by atoms with Crippen molar-refractivity contribution in [1.82, 2.24) is 30.9 Å². The molecule has 2 N–H and O–H groups in total. The van der Waals surface area contributed by atoms with E-state index >= 15 is 0 Å². The smallest absolute Gasteiger partial charge is 0.224 e. The normalized spacial score (nSPS) is 11.1. The molecule has 0 radical (unpaired) electrons. The number of carbonyl (C=O) groups excluding carboxylic acids is 1. The number of aromatic amines is 1. The van der Waals surface area contributed by atoms with Crippen LogP contribution in [0.2, 0.25) is 0 Å². The summed E-state index contributed by atoms with van der Waals surface area (Å²) in [5.74, 6) is 1.29. The summed E-state index contributed by atoms with van der Waals surface area (Å²) in [6.07, 6.45) is 0.308. The molecular weight excluding hydrogens is 476 g/mol. The van der Waals surface area contributed by atoms with Crippen LogP contribution in [0.3, 0.4) is 0 Å². The van der Waals surface area contributed by atoms with E-state index in [1.165, 1.54) is 0 Å². The highest BCUT2D eigenvalue weighted by Gasteiger charge is 2.07. The Bertz CT molecular complexity index is 1720. The van der Waals surface area contributed by atoms with Crippen LogP contribution in [0.25, 0.3) is 33.1 Å². The van der Waals surface area contributed by atoms with Gasteiger partial charge in [-0.3, -0.25) is 4.79 Å². The molecule has 0 bridgehead atoms. The van der Waals surface area contributed by atoms with Gasteiger partial charge < -0.3 is 10.1 Å². The van der Waals surface area contributed by atoms with Crippen LogP contribution in [0.15, 0.2) is 97.1 Å². The number of amides is 1. The maximum atomic E-state index is 12.6. The molecule has 8 nitrogen and oxygen atoms in total. The molecular formula is C30H24N6O2. The molecule has 0 spiro atoms. The quantitative estimate of drug-likeness (QED) is 0.305. The van der Waals surface area contributed by atoms with E-state index in [1.54, 1.807) is 0 Å². The predicted octanol–water partition coefficient (Wildman–Crippen LogP) is 5.01. The van der Waals surface area contributed by atoms with E-state index in [1.807, 2.05) is 91.0 Å². The summed E-state index contributed by atoms with van der Waals surface area (Å²) >= 11 is 0. The van der Waals surface area contributed by atoms with E-state index in [-0.39, 0.29) is 5.91 Å². The van der Waals surface area contributed by atoms with Gasteiger partial charge in [0.1, 0.15) is 12.4 Å². The van der Waals surface area contributed by atoms with Crippen molar-refractivity contribution in [3.8, 4) is 17.1 Å².